The van der Waals surface area contributed by atoms with Crippen molar-refractivity contribution in [2.24, 2.45) is 0 Å². The van der Waals surface area contributed by atoms with Crippen LogP contribution in [0, 0.1) is 11.3 Å². The second-order valence-electron chi connectivity index (χ2n) is 6.13. The van der Waals surface area contributed by atoms with Crippen LogP contribution in [0.1, 0.15) is 19.4 Å². The van der Waals surface area contributed by atoms with E-state index in [2.05, 4.69) is 10.8 Å². The quantitative estimate of drug-likeness (QED) is 0.667. The first-order chi connectivity index (χ1) is 12.4. The van der Waals surface area contributed by atoms with Gasteiger partial charge in [0.05, 0.1) is 27.4 Å². The molecule has 0 amide bonds. The van der Waals surface area contributed by atoms with Crippen LogP contribution in [0.25, 0.3) is 21.6 Å². The molecular formula is C20H18N2O2S2. The Hall–Kier alpha value is -2.62. The van der Waals surface area contributed by atoms with Gasteiger partial charge in [0.15, 0.2) is 0 Å². The molecule has 0 aliphatic rings. The molecule has 132 valence electrons. The summed E-state index contributed by atoms with van der Waals surface area (Å²) in [6.07, 6.45) is 0. The number of hydrogen-bond donors (Lipinski definition) is 1. The summed E-state index contributed by atoms with van der Waals surface area (Å²) in [5, 5.41) is 10.3. The summed E-state index contributed by atoms with van der Waals surface area (Å²) >= 11 is 1.50. The van der Waals surface area contributed by atoms with E-state index in [0.29, 0.717) is 11.3 Å². The van der Waals surface area contributed by atoms with Gasteiger partial charge in [-0.1, -0.05) is 36.4 Å². The molecule has 0 unspecified atom stereocenters. The number of nitrogens with one attached hydrogen (secondary N) is 1. The number of hydrogen-bond acceptors (Lipinski definition) is 4. The summed E-state index contributed by atoms with van der Waals surface area (Å²) in [7, 11) is -3.38. The number of sulfonamides is 1. The summed E-state index contributed by atoms with van der Waals surface area (Å²) in [6.45, 7) is 3.31. The van der Waals surface area contributed by atoms with Gasteiger partial charge < -0.3 is 0 Å². The van der Waals surface area contributed by atoms with Crippen molar-refractivity contribution < 1.29 is 8.42 Å². The predicted molar refractivity (Wildman–Crippen MR) is 108 cm³/mol. The van der Waals surface area contributed by atoms with E-state index in [-0.39, 0.29) is 0 Å². The maximum Gasteiger partial charge on any atom is 0.235 e. The fourth-order valence-electron chi connectivity index (χ4n) is 2.44. The minimum Gasteiger partial charge on any atom is -0.282 e. The Morgan fingerprint density at radius 1 is 0.923 bits per heavy atom. The van der Waals surface area contributed by atoms with Crippen LogP contribution in [0.4, 0.5) is 5.69 Å². The lowest BCUT2D eigenvalue weighted by Gasteiger charge is -2.11. The van der Waals surface area contributed by atoms with Crippen molar-refractivity contribution in [3.8, 4) is 27.6 Å². The van der Waals surface area contributed by atoms with Gasteiger partial charge in [-0.25, -0.2) is 8.42 Å². The zero-order valence-corrected chi connectivity index (χ0v) is 16.1. The highest BCUT2D eigenvalue weighted by Gasteiger charge is 2.18. The van der Waals surface area contributed by atoms with Gasteiger partial charge in [-0.15, -0.1) is 11.3 Å². The van der Waals surface area contributed by atoms with Crippen LogP contribution in [0.15, 0.2) is 60.0 Å². The lowest BCUT2D eigenvalue weighted by molar-refractivity contribution is 0.593. The third kappa shape index (κ3) is 3.79. The molecule has 6 heteroatoms. The molecule has 0 radical (unpaired) electrons. The molecule has 4 nitrogen and oxygen atoms in total. The summed E-state index contributed by atoms with van der Waals surface area (Å²) in [4.78, 5) is 0.889. The third-order valence-electron chi connectivity index (χ3n) is 4.03. The van der Waals surface area contributed by atoms with Crippen molar-refractivity contribution in [3.05, 3.63) is 65.5 Å². The molecule has 1 aromatic heterocycles. The average molecular weight is 383 g/mol. The largest absolute Gasteiger partial charge is 0.282 e. The molecule has 1 heterocycles. The molecule has 26 heavy (non-hydrogen) atoms. The van der Waals surface area contributed by atoms with Crippen LogP contribution in [0.3, 0.4) is 0 Å². The molecule has 0 bridgehead atoms. The van der Waals surface area contributed by atoms with Crippen molar-refractivity contribution in [1.82, 2.24) is 0 Å². The predicted octanol–water partition coefficient (Wildman–Crippen LogP) is 5.10. The average Bonchev–Trinajstić information content (AvgIpc) is 3.09. The molecule has 0 saturated heterocycles. The topological polar surface area (TPSA) is 70.0 Å². The summed E-state index contributed by atoms with van der Waals surface area (Å²) in [5.41, 5.74) is 4.27. The molecule has 2 aromatic carbocycles. The first-order valence-corrected chi connectivity index (χ1v) is 10.5. The minimum atomic E-state index is -3.38. The van der Waals surface area contributed by atoms with Gasteiger partial charge in [-0.2, -0.15) is 5.26 Å². The Labute approximate surface area is 157 Å². The normalized spacial score (nSPS) is 11.3. The van der Waals surface area contributed by atoms with Gasteiger partial charge >= 0.3 is 0 Å². The molecule has 0 fully saturated rings. The Morgan fingerprint density at radius 3 is 2.00 bits per heavy atom. The maximum absolute atomic E-state index is 12.1. The van der Waals surface area contributed by atoms with Crippen molar-refractivity contribution in [3.63, 3.8) is 0 Å². The van der Waals surface area contributed by atoms with Gasteiger partial charge in [0, 0.05) is 0 Å². The lowest BCUT2D eigenvalue weighted by Crippen LogP contribution is -2.22. The van der Waals surface area contributed by atoms with Crippen LogP contribution in [-0.2, 0) is 10.0 Å². The van der Waals surface area contributed by atoms with Crippen LogP contribution >= 0.6 is 11.3 Å². The van der Waals surface area contributed by atoms with E-state index in [4.69, 9.17) is 5.26 Å². The van der Waals surface area contributed by atoms with E-state index in [1.165, 1.54) is 11.3 Å². The molecule has 0 spiro atoms. The third-order valence-corrected chi connectivity index (χ3v) is 6.74. The van der Waals surface area contributed by atoms with Crippen molar-refractivity contribution in [2.75, 3.05) is 4.72 Å². The van der Waals surface area contributed by atoms with E-state index < -0.39 is 15.3 Å². The Kier molecular flexibility index (Phi) is 5.12. The van der Waals surface area contributed by atoms with Gasteiger partial charge in [0.2, 0.25) is 10.0 Å². The van der Waals surface area contributed by atoms with E-state index in [9.17, 15) is 8.42 Å². The highest BCUT2D eigenvalue weighted by atomic mass is 32.2. The molecule has 0 aliphatic heterocycles. The number of thiophene rings is 1. The van der Waals surface area contributed by atoms with Gasteiger partial charge in [-0.05, 0) is 54.1 Å². The molecule has 3 aromatic rings. The summed E-state index contributed by atoms with van der Waals surface area (Å²) < 4.78 is 27.0. The number of benzene rings is 2. The molecule has 1 N–H and O–H groups in total. The SMILES string of the molecule is CC(C)S(=O)(=O)Nc1ccsc1-c1ccc(-c2ccc(C#N)cc2)cc1. The number of anilines is 1. The van der Waals surface area contributed by atoms with E-state index in [1.54, 1.807) is 32.0 Å². The van der Waals surface area contributed by atoms with Crippen LogP contribution in [-0.4, -0.2) is 13.7 Å². The number of nitrogens with zero attached hydrogens (tertiary/aromatic N) is 1. The monoisotopic (exact) mass is 382 g/mol. The van der Waals surface area contributed by atoms with E-state index in [0.717, 1.165) is 21.6 Å². The maximum atomic E-state index is 12.1. The molecular weight excluding hydrogens is 364 g/mol. The molecule has 0 saturated carbocycles. The van der Waals surface area contributed by atoms with Crippen LogP contribution < -0.4 is 4.72 Å². The highest BCUT2D eigenvalue weighted by Crippen LogP contribution is 2.35. The molecule has 3 rings (SSSR count). The van der Waals surface area contributed by atoms with Crippen molar-refractivity contribution >= 4 is 27.0 Å². The standard InChI is InChI=1S/C20H18N2O2S2/c1-14(2)26(23,24)22-19-11-12-25-20(19)18-9-7-17(8-10-18)16-5-3-15(13-21)4-6-16/h3-12,14,22H,1-2H3. The zero-order chi connectivity index (χ0) is 18.7. The van der Waals surface area contributed by atoms with Crippen LogP contribution in [0.2, 0.25) is 0 Å². The Bertz CT molecular complexity index is 1040. The first kappa shape index (κ1) is 18.2. The van der Waals surface area contributed by atoms with Crippen LogP contribution in [0.5, 0.6) is 0 Å². The van der Waals surface area contributed by atoms with Crippen molar-refractivity contribution in [2.45, 2.75) is 19.1 Å². The van der Waals surface area contributed by atoms with Gasteiger partial charge in [0.1, 0.15) is 0 Å². The molecule has 0 aliphatic carbocycles. The first-order valence-electron chi connectivity index (χ1n) is 8.11. The number of nitriles is 1. The zero-order valence-electron chi connectivity index (χ0n) is 14.4. The van der Waals surface area contributed by atoms with Crippen molar-refractivity contribution in [1.29, 1.82) is 5.26 Å². The number of rotatable bonds is 5. The van der Waals surface area contributed by atoms with E-state index >= 15 is 0 Å². The van der Waals surface area contributed by atoms with Gasteiger partial charge in [-0.3, -0.25) is 4.72 Å². The smallest absolute Gasteiger partial charge is 0.235 e. The minimum absolute atomic E-state index is 0.492. The summed E-state index contributed by atoms with van der Waals surface area (Å²) in [5.74, 6) is 0. The highest BCUT2D eigenvalue weighted by molar-refractivity contribution is 7.93. The lowest BCUT2D eigenvalue weighted by atomic mass is 10.0. The second kappa shape index (κ2) is 7.32. The fourth-order valence-corrected chi connectivity index (χ4v) is 4.07. The van der Waals surface area contributed by atoms with Gasteiger partial charge in [0.25, 0.3) is 0 Å². The molecule has 0 atom stereocenters. The Balaban J connectivity index is 1.88. The summed E-state index contributed by atoms with van der Waals surface area (Å²) in [6, 6.07) is 19.3. The second-order valence-corrected chi connectivity index (χ2v) is 9.28. The van der Waals surface area contributed by atoms with E-state index in [1.807, 2.05) is 41.8 Å². The fraction of sp³-hybridized carbons (Fsp3) is 0.150. The Morgan fingerprint density at radius 2 is 1.46 bits per heavy atom.